The number of benzene rings is 2. The van der Waals surface area contributed by atoms with Gasteiger partial charge in [-0.25, -0.2) is 4.79 Å². The standard InChI is InChI=1S/C21H16BrN5O3/c1-25-18-17(19(28)26(2)21(25)29)27(12-14-6-3-7-15(22)9-14)20(24-18)30-16-8-4-5-13(10-16)11-23/h3-10H,12H2,1-2H3. The van der Waals surface area contributed by atoms with E-state index in [9.17, 15) is 9.59 Å². The molecule has 2 aromatic carbocycles. The molecule has 4 aromatic rings. The minimum absolute atomic E-state index is 0.151. The van der Waals surface area contributed by atoms with E-state index in [2.05, 4.69) is 27.0 Å². The van der Waals surface area contributed by atoms with Crippen LogP contribution in [-0.4, -0.2) is 18.7 Å². The second-order valence-corrected chi connectivity index (χ2v) is 7.65. The van der Waals surface area contributed by atoms with Crippen LogP contribution in [0.4, 0.5) is 0 Å². The number of halogens is 1. The maximum Gasteiger partial charge on any atom is 0.332 e. The van der Waals surface area contributed by atoms with E-state index in [1.807, 2.05) is 24.3 Å². The van der Waals surface area contributed by atoms with Gasteiger partial charge < -0.3 is 4.74 Å². The molecule has 0 radical (unpaired) electrons. The van der Waals surface area contributed by atoms with Gasteiger partial charge in [0.15, 0.2) is 11.2 Å². The van der Waals surface area contributed by atoms with Crippen LogP contribution in [0.2, 0.25) is 0 Å². The van der Waals surface area contributed by atoms with E-state index in [4.69, 9.17) is 10.00 Å². The Bertz CT molecular complexity index is 1440. The monoisotopic (exact) mass is 465 g/mol. The summed E-state index contributed by atoms with van der Waals surface area (Å²) in [6.07, 6.45) is 0. The number of fused-ring (bicyclic) bond motifs is 1. The number of imidazole rings is 1. The van der Waals surface area contributed by atoms with Gasteiger partial charge in [-0.15, -0.1) is 0 Å². The lowest BCUT2D eigenvalue weighted by atomic mass is 10.2. The molecule has 2 heterocycles. The van der Waals surface area contributed by atoms with Crippen molar-refractivity contribution in [3.8, 4) is 17.8 Å². The van der Waals surface area contributed by atoms with Crippen LogP contribution in [0.5, 0.6) is 11.8 Å². The van der Waals surface area contributed by atoms with Gasteiger partial charge in [0.1, 0.15) is 5.75 Å². The molecule has 0 fully saturated rings. The second kappa shape index (κ2) is 7.65. The number of rotatable bonds is 4. The molecule has 8 nitrogen and oxygen atoms in total. The average Bonchev–Trinajstić information content (AvgIpc) is 3.09. The smallest absolute Gasteiger partial charge is 0.332 e. The minimum Gasteiger partial charge on any atom is -0.425 e. The molecule has 2 aromatic heterocycles. The maximum absolute atomic E-state index is 12.9. The third-order valence-corrected chi connectivity index (χ3v) is 5.21. The number of hydrogen-bond acceptors (Lipinski definition) is 5. The largest absolute Gasteiger partial charge is 0.425 e. The Hall–Kier alpha value is -3.64. The highest BCUT2D eigenvalue weighted by molar-refractivity contribution is 9.10. The molecule has 4 rings (SSSR count). The van der Waals surface area contributed by atoms with Crippen LogP contribution in [0.15, 0.2) is 62.6 Å². The van der Waals surface area contributed by atoms with Crippen LogP contribution in [-0.2, 0) is 20.6 Å². The van der Waals surface area contributed by atoms with Crippen LogP contribution in [0.25, 0.3) is 11.2 Å². The van der Waals surface area contributed by atoms with Gasteiger partial charge in [-0.05, 0) is 35.9 Å². The van der Waals surface area contributed by atoms with Crippen molar-refractivity contribution in [1.82, 2.24) is 18.7 Å². The molecule has 0 unspecified atom stereocenters. The predicted octanol–water partition coefficient (Wildman–Crippen LogP) is 2.91. The summed E-state index contributed by atoms with van der Waals surface area (Å²) in [6, 6.07) is 16.5. The van der Waals surface area contributed by atoms with Crippen molar-refractivity contribution in [2.75, 3.05) is 0 Å². The molecule has 0 aliphatic carbocycles. The fourth-order valence-corrected chi connectivity index (χ4v) is 3.65. The number of aromatic nitrogens is 4. The summed E-state index contributed by atoms with van der Waals surface area (Å²) in [5.74, 6) is 0.404. The van der Waals surface area contributed by atoms with Crippen molar-refractivity contribution >= 4 is 27.1 Å². The molecule has 0 aliphatic heterocycles. The van der Waals surface area contributed by atoms with Crippen LogP contribution in [0, 0.1) is 11.3 Å². The molecule has 0 aliphatic rings. The Morgan fingerprint density at radius 2 is 1.87 bits per heavy atom. The summed E-state index contributed by atoms with van der Waals surface area (Å²) in [6.45, 7) is 0.302. The van der Waals surface area contributed by atoms with Crippen LogP contribution >= 0.6 is 15.9 Å². The van der Waals surface area contributed by atoms with Crippen LogP contribution < -0.4 is 16.0 Å². The Morgan fingerprint density at radius 3 is 2.60 bits per heavy atom. The van der Waals surface area contributed by atoms with Crippen molar-refractivity contribution < 1.29 is 4.74 Å². The van der Waals surface area contributed by atoms with Crippen molar-refractivity contribution in [2.45, 2.75) is 6.54 Å². The zero-order chi connectivity index (χ0) is 21.4. The molecule has 30 heavy (non-hydrogen) atoms. The first-order chi connectivity index (χ1) is 14.4. The number of nitrogens with zero attached hydrogens (tertiary/aromatic N) is 5. The number of aryl methyl sites for hydroxylation is 1. The molecule has 0 amide bonds. The SMILES string of the molecule is Cn1c(=O)c2c(nc(Oc3cccc(C#N)c3)n2Cc2cccc(Br)c2)n(C)c1=O. The third-order valence-electron chi connectivity index (χ3n) is 4.71. The van der Waals surface area contributed by atoms with Crippen LogP contribution in [0.3, 0.4) is 0 Å². The quantitative estimate of drug-likeness (QED) is 0.461. The minimum atomic E-state index is -0.474. The fraction of sp³-hybridized carbons (Fsp3) is 0.143. The zero-order valence-corrected chi connectivity index (χ0v) is 17.8. The van der Waals surface area contributed by atoms with E-state index >= 15 is 0 Å². The van der Waals surface area contributed by atoms with Gasteiger partial charge in [0.05, 0.1) is 18.2 Å². The van der Waals surface area contributed by atoms with Crippen LogP contribution in [0.1, 0.15) is 11.1 Å². The predicted molar refractivity (Wildman–Crippen MR) is 115 cm³/mol. The molecule has 150 valence electrons. The number of hydrogen-bond donors (Lipinski definition) is 0. The van der Waals surface area contributed by atoms with E-state index in [0.717, 1.165) is 14.6 Å². The summed E-state index contributed by atoms with van der Waals surface area (Å²) in [5.41, 5.74) is 0.894. The van der Waals surface area contributed by atoms with Crippen molar-refractivity contribution in [3.63, 3.8) is 0 Å². The second-order valence-electron chi connectivity index (χ2n) is 6.73. The molecule has 0 bridgehead atoms. The van der Waals surface area contributed by atoms with Gasteiger partial charge in [0.25, 0.3) is 5.56 Å². The first kappa shape index (κ1) is 19.7. The van der Waals surface area contributed by atoms with E-state index in [1.165, 1.54) is 11.6 Å². The van der Waals surface area contributed by atoms with E-state index in [0.29, 0.717) is 17.9 Å². The molecule has 0 atom stereocenters. The zero-order valence-electron chi connectivity index (χ0n) is 16.2. The van der Waals surface area contributed by atoms with E-state index in [-0.39, 0.29) is 17.2 Å². The lowest BCUT2D eigenvalue weighted by Crippen LogP contribution is -2.37. The number of nitriles is 1. The van der Waals surface area contributed by atoms with Gasteiger partial charge in [-0.3, -0.25) is 18.5 Å². The first-order valence-electron chi connectivity index (χ1n) is 8.97. The highest BCUT2D eigenvalue weighted by atomic mass is 79.9. The fourth-order valence-electron chi connectivity index (χ4n) is 3.20. The lowest BCUT2D eigenvalue weighted by molar-refractivity contribution is 0.421. The molecule has 0 saturated heterocycles. The molecule has 9 heteroatoms. The average molecular weight is 466 g/mol. The van der Waals surface area contributed by atoms with Crippen molar-refractivity contribution in [1.29, 1.82) is 5.26 Å². The van der Waals surface area contributed by atoms with Gasteiger partial charge >= 0.3 is 11.7 Å². The van der Waals surface area contributed by atoms with Crippen molar-refractivity contribution in [3.05, 3.63) is 85.0 Å². The molecular formula is C21H16BrN5O3. The van der Waals surface area contributed by atoms with E-state index in [1.54, 1.807) is 35.9 Å². The first-order valence-corrected chi connectivity index (χ1v) is 9.77. The molecule has 0 saturated carbocycles. The normalized spacial score (nSPS) is 10.9. The molecular weight excluding hydrogens is 450 g/mol. The Balaban J connectivity index is 1.95. The maximum atomic E-state index is 12.9. The van der Waals surface area contributed by atoms with E-state index < -0.39 is 11.2 Å². The van der Waals surface area contributed by atoms with Gasteiger partial charge in [0, 0.05) is 18.6 Å². The highest BCUT2D eigenvalue weighted by Gasteiger charge is 2.21. The van der Waals surface area contributed by atoms with Gasteiger partial charge in [-0.1, -0.05) is 34.1 Å². The Labute approximate surface area is 179 Å². The Kier molecular flexibility index (Phi) is 5.01. The summed E-state index contributed by atoms with van der Waals surface area (Å²) >= 11 is 3.45. The highest BCUT2D eigenvalue weighted by Crippen LogP contribution is 2.26. The van der Waals surface area contributed by atoms with Gasteiger partial charge in [-0.2, -0.15) is 10.2 Å². The Morgan fingerprint density at radius 1 is 1.10 bits per heavy atom. The lowest BCUT2D eigenvalue weighted by Gasteiger charge is -2.11. The van der Waals surface area contributed by atoms with Gasteiger partial charge in [0.2, 0.25) is 0 Å². The summed E-state index contributed by atoms with van der Waals surface area (Å²) in [5, 5.41) is 9.14. The molecule has 0 spiro atoms. The summed E-state index contributed by atoms with van der Waals surface area (Å²) in [4.78, 5) is 29.7. The topological polar surface area (TPSA) is 94.8 Å². The summed E-state index contributed by atoms with van der Waals surface area (Å²) < 4.78 is 10.8. The van der Waals surface area contributed by atoms with Crippen molar-refractivity contribution in [2.24, 2.45) is 14.1 Å². The third kappa shape index (κ3) is 3.42. The summed E-state index contributed by atoms with van der Waals surface area (Å²) in [7, 11) is 2.98. The molecule has 0 N–H and O–H groups in total. The number of ether oxygens (including phenoxy) is 1.